The molecule has 10 heteroatoms. The molecule has 1 unspecified atom stereocenters. The molecule has 1 aliphatic rings. The Morgan fingerprint density at radius 3 is 2.48 bits per heavy atom. The van der Waals surface area contributed by atoms with E-state index >= 15 is 0 Å². The minimum absolute atomic E-state index is 0.134. The zero-order valence-corrected chi connectivity index (χ0v) is 21.9. The third-order valence-corrected chi connectivity index (χ3v) is 7.30. The zero-order chi connectivity index (χ0) is 28.4. The summed E-state index contributed by atoms with van der Waals surface area (Å²) in [5.41, 5.74) is 9.88. The van der Waals surface area contributed by atoms with Gasteiger partial charge in [0.25, 0.3) is 5.91 Å². The Bertz CT molecular complexity index is 1640. The molecule has 0 fully saturated rings. The van der Waals surface area contributed by atoms with Gasteiger partial charge in [0.2, 0.25) is 5.91 Å². The lowest BCUT2D eigenvalue weighted by Gasteiger charge is -2.27. The molecule has 1 atom stereocenters. The largest absolute Gasteiger partial charge is 0.490 e. The van der Waals surface area contributed by atoms with Gasteiger partial charge in [-0.3, -0.25) is 24.7 Å². The van der Waals surface area contributed by atoms with Gasteiger partial charge in [0.1, 0.15) is 0 Å². The minimum atomic E-state index is -0.982. The van der Waals surface area contributed by atoms with Crippen molar-refractivity contribution in [3.63, 3.8) is 0 Å². The molecule has 2 heterocycles. The van der Waals surface area contributed by atoms with Gasteiger partial charge in [-0.05, 0) is 85.0 Å². The molecule has 1 aliphatic heterocycles. The quantitative estimate of drug-likeness (QED) is 0.203. The van der Waals surface area contributed by atoms with E-state index in [9.17, 15) is 19.7 Å². The van der Waals surface area contributed by atoms with Crippen LogP contribution in [-0.4, -0.2) is 28.8 Å². The number of nitrogens with zero attached hydrogens (tertiary/aromatic N) is 2. The Labute approximate surface area is 230 Å². The molecule has 0 saturated heterocycles. The first-order valence-corrected chi connectivity index (χ1v) is 12.6. The Kier molecular flexibility index (Phi) is 6.91. The van der Waals surface area contributed by atoms with Gasteiger partial charge in [0.15, 0.2) is 5.75 Å². The lowest BCUT2D eigenvalue weighted by atomic mass is 9.77. The van der Waals surface area contributed by atoms with Gasteiger partial charge < -0.3 is 21.1 Å². The van der Waals surface area contributed by atoms with Crippen molar-refractivity contribution in [2.75, 3.05) is 17.7 Å². The molecule has 0 radical (unpaired) electrons. The predicted molar refractivity (Wildman–Crippen MR) is 152 cm³/mol. The van der Waals surface area contributed by atoms with Crippen LogP contribution in [0.4, 0.5) is 22.7 Å². The van der Waals surface area contributed by atoms with E-state index in [1.165, 1.54) is 13.2 Å². The van der Waals surface area contributed by atoms with Crippen molar-refractivity contribution >= 4 is 34.6 Å². The number of nitro benzene ring substituents is 1. The lowest BCUT2D eigenvalue weighted by Crippen LogP contribution is -2.39. The van der Waals surface area contributed by atoms with Gasteiger partial charge in [0, 0.05) is 18.0 Å². The summed E-state index contributed by atoms with van der Waals surface area (Å²) in [5.74, 6) is -0.625. The first-order chi connectivity index (χ1) is 19.2. The number of ether oxygens (including phenoxy) is 1. The van der Waals surface area contributed by atoms with Crippen molar-refractivity contribution in [3.8, 4) is 16.9 Å². The monoisotopic (exact) mass is 537 g/mol. The Morgan fingerprint density at radius 2 is 1.77 bits per heavy atom. The van der Waals surface area contributed by atoms with Gasteiger partial charge in [-0.2, -0.15) is 0 Å². The summed E-state index contributed by atoms with van der Waals surface area (Å²) in [4.78, 5) is 40.9. The number of nitro groups is 1. The van der Waals surface area contributed by atoms with E-state index < -0.39 is 16.2 Å². The van der Waals surface area contributed by atoms with Crippen LogP contribution in [-0.2, 0) is 16.6 Å². The summed E-state index contributed by atoms with van der Waals surface area (Å²) in [6.07, 6.45) is 2.73. The number of primary amides is 1. The number of nitrogens with two attached hydrogens (primary N) is 1. The van der Waals surface area contributed by atoms with E-state index in [4.69, 9.17) is 10.5 Å². The number of rotatable bonds is 8. The molecule has 0 spiro atoms. The van der Waals surface area contributed by atoms with Crippen LogP contribution in [0, 0.1) is 10.1 Å². The fraction of sp³-hybridized carbons (Fsp3) is 0.167. The third-order valence-electron chi connectivity index (χ3n) is 7.30. The van der Waals surface area contributed by atoms with Crippen molar-refractivity contribution in [2.24, 2.45) is 5.73 Å². The second kappa shape index (κ2) is 10.5. The van der Waals surface area contributed by atoms with Crippen LogP contribution in [0.2, 0.25) is 0 Å². The first-order valence-electron chi connectivity index (χ1n) is 12.6. The molecule has 0 aliphatic carbocycles. The van der Waals surface area contributed by atoms with Gasteiger partial charge in [-0.1, -0.05) is 18.2 Å². The van der Waals surface area contributed by atoms with Crippen LogP contribution in [0.15, 0.2) is 79.0 Å². The number of benzene rings is 3. The summed E-state index contributed by atoms with van der Waals surface area (Å²) < 4.78 is 5.21. The van der Waals surface area contributed by atoms with E-state index in [1.54, 1.807) is 48.7 Å². The SMILES string of the molecule is COc1cc(-c2ccc3c(c2)Nc2cc(C(C)(CCc4ccccn4)C(N)=O)ccc2NC3=O)ccc1[N+](=O)[O-]. The molecular weight excluding hydrogens is 510 g/mol. The number of carbonyl (C=O) groups is 2. The molecule has 4 aromatic rings. The number of nitrogens with one attached hydrogen (secondary N) is 2. The molecule has 10 nitrogen and oxygen atoms in total. The van der Waals surface area contributed by atoms with Crippen molar-refractivity contribution in [1.29, 1.82) is 0 Å². The van der Waals surface area contributed by atoms with Gasteiger partial charge in [-0.15, -0.1) is 0 Å². The maximum Gasteiger partial charge on any atom is 0.310 e. The average Bonchev–Trinajstić information content (AvgIpc) is 3.10. The van der Waals surface area contributed by atoms with Crippen LogP contribution in [0.25, 0.3) is 11.1 Å². The smallest absolute Gasteiger partial charge is 0.310 e. The molecule has 5 rings (SSSR count). The van der Waals surface area contributed by atoms with Gasteiger partial charge >= 0.3 is 5.69 Å². The van der Waals surface area contributed by atoms with E-state index in [1.807, 2.05) is 31.2 Å². The number of aryl methyl sites for hydroxylation is 1. The summed E-state index contributed by atoms with van der Waals surface area (Å²) in [7, 11) is 1.37. The standard InChI is InChI=1S/C30H27N5O5/c1-30(29(31)37,13-12-21-5-3-4-14-32-21)20-8-10-23-25(17-20)33-24-15-18(6-9-22(24)28(36)34-23)19-7-11-26(35(38)39)27(16-19)40-2/h3-11,14-17,33H,12-13H2,1-2H3,(H2,31,37)(H,34,36). The summed E-state index contributed by atoms with van der Waals surface area (Å²) >= 11 is 0. The molecule has 3 aromatic carbocycles. The number of aromatic nitrogens is 1. The minimum Gasteiger partial charge on any atom is -0.490 e. The van der Waals surface area contributed by atoms with E-state index in [0.717, 1.165) is 11.3 Å². The van der Waals surface area contributed by atoms with Crippen LogP contribution < -0.4 is 21.1 Å². The summed E-state index contributed by atoms with van der Waals surface area (Å²) in [6.45, 7) is 1.81. The number of amides is 2. The number of methoxy groups -OCH3 is 1. The predicted octanol–water partition coefficient (Wildman–Crippen LogP) is 5.35. The van der Waals surface area contributed by atoms with Crippen LogP contribution in [0.3, 0.4) is 0 Å². The molecule has 0 bridgehead atoms. The van der Waals surface area contributed by atoms with Crippen LogP contribution in [0.5, 0.6) is 5.75 Å². The van der Waals surface area contributed by atoms with Crippen molar-refractivity contribution in [1.82, 2.24) is 4.98 Å². The third kappa shape index (κ3) is 4.94. The molecule has 40 heavy (non-hydrogen) atoms. The van der Waals surface area contributed by atoms with E-state index in [-0.39, 0.29) is 17.3 Å². The van der Waals surface area contributed by atoms with Crippen LogP contribution >= 0.6 is 0 Å². The zero-order valence-electron chi connectivity index (χ0n) is 21.9. The molecule has 4 N–H and O–H groups in total. The highest BCUT2D eigenvalue weighted by atomic mass is 16.6. The Morgan fingerprint density at radius 1 is 1.00 bits per heavy atom. The number of pyridine rings is 1. The molecule has 1 aromatic heterocycles. The second-order valence-corrected chi connectivity index (χ2v) is 9.76. The number of anilines is 3. The van der Waals surface area contributed by atoms with Gasteiger partial charge in [0.05, 0.1) is 40.1 Å². The number of fused-ring (bicyclic) bond motifs is 2. The lowest BCUT2D eigenvalue weighted by molar-refractivity contribution is -0.385. The molecule has 2 amide bonds. The maximum absolute atomic E-state index is 13.1. The highest BCUT2D eigenvalue weighted by Gasteiger charge is 2.34. The Hall–Kier alpha value is -5.25. The average molecular weight is 538 g/mol. The first kappa shape index (κ1) is 26.4. The van der Waals surface area contributed by atoms with E-state index in [2.05, 4.69) is 15.6 Å². The number of carbonyl (C=O) groups excluding carboxylic acids is 2. The normalized spacial score (nSPS) is 13.5. The van der Waals surface area contributed by atoms with E-state index in [0.29, 0.717) is 46.6 Å². The van der Waals surface area contributed by atoms with Crippen molar-refractivity contribution in [2.45, 2.75) is 25.2 Å². The Balaban J connectivity index is 1.50. The summed E-state index contributed by atoms with van der Waals surface area (Å²) in [6, 6.07) is 20.9. The molecule has 202 valence electrons. The number of hydrogen-bond acceptors (Lipinski definition) is 7. The highest BCUT2D eigenvalue weighted by molar-refractivity contribution is 6.12. The fourth-order valence-corrected chi connectivity index (χ4v) is 4.80. The summed E-state index contributed by atoms with van der Waals surface area (Å²) in [5, 5.41) is 17.6. The highest BCUT2D eigenvalue weighted by Crippen LogP contribution is 2.39. The molecule has 0 saturated carbocycles. The van der Waals surface area contributed by atoms with Crippen molar-refractivity contribution in [3.05, 3.63) is 106 Å². The maximum atomic E-state index is 13.1. The van der Waals surface area contributed by atoms with Crippen LogP contribution in [0.1, 0.15) is 35.0 Å². The second-order valence-electron chi connectivity index (χ2n) is 9.76. The topological polar surface area (TPSA) is 149 Å². The molecular formula is C30H27N5O5. The number of hydrogen-bond donors (Lipinski definition) is 3. The van der Waals surface area contributed by atoms with Crippen molar-refractivity contribution < 1.29 is 19.2 Å². The fourth-order valence-electron chi connectivity index (χ4n) is 4.80. The van der Waals surface area contributed by atoms with Gasteiger partial charge in [-0.25, -0.2) is 0 Å².